The second kappa shape index (κ2) is 20.2. The fourth-order valence-electron chi connectivity index (χ4n) is 1.71. The third-order valence-electron chi connectivity index (χ3n) is 2.98. The van der Waals surface area contributed by atoms with Gasteiger partial charge < -0.3 is 11.5 Å². The van der Waals surface area contributed by atoms with Crippen molar-refractivity contribution in [3.8, 4) is 0 Å². The van der Waals surface area contributed by atoms with Gasteiger partial charge in [0, 0.05) is 11.6 Å². The zero-order valence-corrected chi connectivity index (χ0v) is 17.7. The number of nitrogens with zero attached hydrogens (tertiary/aromatic N) is 1. The Morgan fingerprint density at radius 1 is 1.20 bits per heavy atom. The largest absolute Gasteiger partial charge is 0.382 e. The van der Waals surface area contributed by atoms with Crippen molar-refractivity contribution in [2.24, 2.45) is 5.73 Å². The van der Waals surface area contributed by atoms with Gasteiger partial charge in [0.05, 0.1) is 5.69 Å². The summed E-state index contributed by atoms with van der Waals surface area (Å²) in [7, 11) is 0. The predicted molar refractivity (Wildman–Crippen MR) is 117 cm³/mol. The third-order valence-corrected chi connectivity index (χ3v) is 2.98. The molecule has 0 amide bonds. The maximum atomic E-state index is 5.62. The molecule has 25 heavy (non-hydrogen) atoms. The summed E-state index contributed by atoms with van der Waals surface area (Å²) in [5, 5.41) is 6.74. The summed E-state index contributed by atoms with van der Waals surface area (Å²) in [5.74, 6) is 0.474. The van der Waals surface area contributed by atoms with Crippen molar-refractivity contribution in [2.45, 2.75) is 80.2 Å². The van der Waals surface area contributed by atoms with Gasteiger partial charge >= 0.3 is 0 Å². The molecular weight excluding hydrogens is 308 g/mol. The second-order valence-electron chi connectivity index (χ2n) is 5.35. The summed E-state index contributed by atoms with van der Waals surface area (Å²) >= 11 is 0. The molecule has 1 atom stereocenters. The molecule has 4 nitrogen and oxygen atoms in total. The van der Waals surface area contributed by atoms with Crippen molar-refractivity contribution in [3.05, 3.63) is 36.6 Å². The maximum absolute atomic E-state index is 5.62. The lowest BCUT2D eigenvalue weighted by atomic mass is 10.1. The molecule has 0 spiro atoms. The highest BCUT2D eigenvalue weighted by atomic mass is 15.2. The van der Waals surface area contributed by atoms with E-state index in [1.807, 2.05) is 26.8 Å². The lowest BCUT2D eigenvalue weighted by molar-refractivity contribution is 0.587. The van der Waals surface area contributed by atoms with Crippen LogP contribution in [0.1, 0.15) is 85.4 Å². The number of hydrogen-bond acceptors (Lipinski definition) is 3. The van der Waals surface area contributed by atoms with Crippen LogP contribution in [0, 0.1) is 0 Å². The van der Waals surface area contributed by atoms with Crippen LogP contribution in [0.25, 0.3) is 11.6 Å². The molecule has 1 aromatic rings. The van der Waals surface area contributed by atoms with E-state index in [-0.39, 0.29) is 0 Å². The first-order chi connectivity index (χ1) is 11.9. The van der Waals surface area contributed by atoms with E-state index >= 15 is 0 Å². The lowest BCUT2D eigenvalue weighted by Gasteiger charge is -2.03. The number of aromatic nitrogens is 2. The molecule has 1 rings (SSSR count). The van der Waals surface area contributed by atoms with Crippen molar-refractivity contribution in [3.63, 3.8) is 0 Å². The van der Waals surface area contributed by atoms with Crippen LogP contribution in [0.5, 0.6) is 0 Å². The van der Waals surface area contributed by atoms with Crippen molar-refractivity contribution >= 4 is 17.5 Å². The van der Waals surface area contributed by atoms with E-state index < -0.39 is 0 Å². The van der Waals surface area contributed by atoms with Crippen LogP contribution >= 0.6 is 0 Å². The first kappa shape index (κ1) is 28.0. The number of H-pyrrole nitrogens is 1. The quantitative estimate of drug-likeness (QED) is 0.535. The summed E-state index contributed by atoms with van der Waals surface area (Å²) in [6.45, 7) is 21.8. The highest BCUT2D eigenvalue weighted by molar-refractivity contribution is 5.76. The molecule has 0 saturated heterocycles. The van der Waals surface area contributed by atoms with Gasteiger partial charge in [-0.3, -0.25) is 5.10 Å². The summed E-state index contributed by atoms with van der Waals surface area (Å²) in [4.78, 5) is 0. The normalized spacial score (nSPS) is 10.8. The number of hydrogen-bond donors (Lipinski definition) is 3. The van der Waals surface area contributed by atoms with E-state index in [1.165, 1.54) is 19.3 Å². The van der Waals surface area contributed by atoms with Crippen LogP contribution in [-0.4, -0.2) is 16.2 Å². The van der Waals surface area contributed by atoms with Gasteiger partial charge in [-0.15, -0.1) is 0 Å². The minimum atomic E-state index is 0.449. The van der Waals surface area contributed by atoms with Crippen LogP contribution in [-0.2, 0) is 0 Å². The van der Waals surface area contributed by atoms with Gasteiger partial charge in [0.1, 0.15) is 0 Å². The summed E-state index contributed by atoms with van der Waals surface area (Å²) < 4.78 is 0. The van der Waals surface area contributed by atoms with Crippen molar-refractivity contribution in [1.82, 2.24) is 10.2 Å². The Morgan fingerprint density at radius 3 is 2.04 bits per heavy atom. The molecule has 0 saturated carbocycles. The van der Waals surface area contributed by atoms with Crippen molar-refractivity contribution in [1.29, 1.82) is 0 Å². The molecular formula is C21H42N4. The van der Waals surface area contributed by atoms with Gasteiger partial charge in [-0.05, 0) is 25.3 Å². The van der Waals surface area contributed by atoms with Gasteiger partial charge in [0.15, 0.2) is 5.82 Å². The highest BCUT2D eigenvalue weighted by Crippen LogP contribution is 2.21. The Labute approximate surface area is 156 Å². The Kier molecular flexibility index (Phi) is 22.7. The standard InChI is InChI=1S/C10H13N3.C6H15N.C3H8.C2H6/c1-4-6-7(3)9-8(5-2)10(11)13-12-9;1-3-5-6(7)4-2;1-3-2;1-2/h4-6H,1-2H2,3H3,(H3,11,12,13);6H,3-5,7H2,1-2H3;3H2,1-2H3;1-2H3/b7-6-;;;. The Bertz CT molecular complexity index is 458. The van der Waals surface area contributed by atoms with Crippen LogP contribution in [0.4, 0.5) is 5.82 Å². The number of rotatable bonds is 6. The molecule has 0 radical (unpaired) electrons. The molecule has 1 aromatic heterocycles. The molecule has 0 fully saturated rings. The minimum Gasteiger partial charge on any atom is -0.382 e. The Morgan fingerprint density at radius 2 is 1.72 bits per heavy atom. The molecule has 0 aliphatic heterocycles. The Balaban J connectivity index is -0.000000341. The fourth-order valence-corrected chi connectivity index (χ4v) is 1.71. The number of nitrogens with one attached hydrogen (secondary N) is 1. The van der Waals surface area contributed by atoms with Crippen molar-refractivity contribution in [2.75, 3.05) is 5.73 Å². The van der Waals surface area contributed by atoms with Crippen LogP contribution in [0.3, 0.4) is 0 Å². The van der Waals surface area contributed by atoms with Crippen LogP contribution in [0.15, 0.2) is 25.3 Å². The predicted octanol–water partition coefficient (Wildman–Crippen LogP) is 6.19. The van der Waals surface area contributed by atoms with Gasteiger partial charge in [-0.25, -0.2) is 0 Å². The van der Waals surface area contributed by atoms with Gasteiger partial charge in [0.25, 0.3) is 0 Å². The average molecular weight is 351 g/mol. The number of anilines is 1. The van der Waals surface area contributed by atoms with E-state index in [2.05, 4.69) is 51.1 Å². The molecule has 1 heterocycles. The minimum absolute atomic E-state index is 0.449. The number of nitrogens with two attached hydrogens (primary N) is 2. The first-order valence-electron chi connectivity index (χ1n) is 9.44. The molecule has 0 bridgehead atoms. The molecule has 4 heteroatoms. The van der Waals surface area contributed by atoms with E-state index in [4.69, 9.17) is 11.5 Å². The smallest absolute Gasteiger partial charge is 0.153 e. The monoisotopic (exact) mass is 350 g/mol. The molecule has 0 aromatic carbocycles. The molecule has 0 aliphatic rings. The molecule has 1 unspecified atom stereocenters. The zero-order valence-electron chi connectivity index (χ0n) is 17.7. The number of aromatic amines is 1. The van der Waals surface area contributed by atoms with E-state index in [9.17, 15) is 0 Å². The summed E-state index contributed by atoms with van der Waals surface area (Å²) in [5.41, 5.74) is 14.0. The zero-order chi connectivity index (χ0) is 20.3. The number of nitrogen functional groups attached to an aromatic ring is 1. The molecule has 146 valence electrons. The lowest BCUT2D eigenvalue weighted by Crippen LogP contribution is -2.17. The maximum Gasteiger partial charge on any atom is 0.153 e. The first-order valence-corrected chi connectivity index (χ1v) is 9.44. The topological polar surface area (TPSA) is 80.7 Å². The summed E-state index contributed by atoms with van der Waals surface area (Å²) in [6, 6.07) is 0.449. The Hall–Kier alpha value is -1.81. The van der Waals surface area contributed by atoms with Gasteiger partial charge in [-0.1, -0.05) is 85.8 Å². The second-order valence-corrected chi connectivity index (χ2v) is 5.35. The third kappa shape index (κ3) is 14.3. The average Bonchev–Trinajstić information content (AvgIpc) is 2.99. The van der Waals surface area contributed by atoms with E-state index in [0.29, 0.717) is 11.9 Å². The van der Waals surface area contributed by atoms with E-state index in [1.54, 1.807) is 12.2 Å². The van der Waals surface area contributed by atoms with Crippen LogP contribution in [0.2, 0.25) is 0 Å². The highest BCUT2D eigenvalue weighted by Gasteiger charge is 2.07. The fraction of sp³-hybridized carbons (Fsp3) is 0.571. The number of allylic oxidation sites excluding steroid dienone is 3. The summed E-state index contributed by atoms with van der Waals surface area (Å²) in [6.07, 6.45) is 10.1. The molecule has 0 aliphatic carbocycles. The molecule has 5 N–H and O–H groups in total. The van der Waals surface area contributed by atoms with Gasteiger partial charge in [-0.2, -0.15) is 5.10 Å². The van der Waals surface area contributed by atoms with Crippen LogP contribution < -0.4 is 11.5 Å². The van der Waals surface area contributed by atoms with E-state index in [0.717, 1.165) is 23.3 Å². The van der Waals surface area contributed by atoms with Crippen molar-refractivity contribution < 1.29 is 0 Å². The SMILES string of the molecule is C=C/C=C(/C)c1[nH]nc(N)c1C=C.CC.CCC.CCCC(N)CC. The van der Waals surface area contributed by atoms with Gasteiger partial charge in [0.2, 0.25) is 0 Å².